The molecule has 168 valence electrons. The molecule has 0 saturated carbocycles. The molecule has 3 rings (SSSR count). The topological polar surface area (TPSA) is 82.9 Å². The predicted molar refractivity (Wildman–Crippen MR) is 124 cm³/mol. The summed E-state index contributed by atoms with van der Waals surface area (Å²) in [7, 11) is 1.64. The van der Waals surface area contributed by atoms with E-state index in [1.165, 1.54) is 12.1 Å². The van der Waals surface area contributed by atoms with Gasteiger partial charge >= 0.3 is 0 Å². The molecule has 0 aliphatic carbocycles. The zero-order valence-corrected chi connectivity index (χ0v) is 18.7. The highest BCUT2D eigenvalue weighted by Crippen LogP contribution is 2.34. The first-order chi connectivity index (χ1) is 15.5. The van der Waals surface area contributed by atoms with Crippen molar-refractivity contribution >= 4 is 17.3 Å². The largest absolute Gasteiger partial charge is 0.497 e. The van der Waals surface area contributed by atoms with Crippen molar-refractivity contribution in [1.29, 1.82) is 0 Å². The van der Waals surface area contributed by atoms with E-state index in [-0.39, 0.29) is 12.3 Å². The molecular weight excluding hydrogens is 432 g/mol. The van der Waals surface area contributed by atoms with Crippen LogP contribution in [0.2, 0.25) is 5.02 Å². The van der Waals surface area contributed by atoms with Gasteiger partial charge in [-0.3, -0.25) is 10.1 Å². The SMILES string of the molecule is CCOc1cc(CNCc2ccc(OC)cc2)c(Cl)cc1OCc1ccc([N+](=O)[O-])cc1. The average Bonchev–Trinajstić information content (AvgIpc) is 2.80. The van der Waals surface area contributed by atoms with E-state index in [0.29, 0.717) is 36.2 Å². The fraction of sp³-hybridized carbons (Fsp3) is 0.250. The van der Waals surface area contributed by atoms with E-state index in [2.05, 4.69) is 5.32 Å². The van der Waals surface area contributed by atoms with Gasteiger partial charge in [0, 0.05) is 36.3 Å². The summed E-state index contributed by atoms with van der Waals surface area (Å²) in [5.41, 5.74) is 2.87. The molecule has 8 heteroatoms. The lowest BCUT2D eigenvalue weighted by Gasteiger charge is -2.15. The fourth-order valence-electron chi connectivity index (χ4n) is 3.05. The Balaban J connectivity index is 1.64. The molecule has 0 unspecified atom stereocenters. The molecule has 0 bridgehead atoms. The molecule has 0 spiro atoms. The second-order valence-electron chi connectivity index (χ2n) is 6.99. The Labute approximate surface area is 192 Å². The summed E-state index contributed by atoms with van der Waals surface area (Å²) in [4.78, 5) is 10.4. The van der Waals surface area contributed by atoms with E-state index in [4.69, 9.17) is 25.8 Å². The maximum absolute atomic E-state index is 10.8. The van der Waals surface area contributed by atoms with Gasteiger partial charge in [-0.2, -0.15) is 0 Å². The third kappa shape index (κ3) is 6.35. The molecule has 3 aromatic rings. The lowest BCUT2D eigenvalue weighted by atomic mass is 10.1. The zero-order valence-electron chi connectivity index (χ0n) is 18.0. The van der Waals surface area contributed by atoms with Gasteiger partial charge < -0.3 is 19.5 Å². The van der Waals surface area contributed by atoms with Gasteiger partial charge in [0.25, 0.3) is 5.69 Å². The number of ether oxygens (including phenoxy) is 3. The van der Waals surface area contributed by atoms with Crippen LogP contribution in [-0.4, -0.2) is 18.6 Å². The van der Waals surface area contributed by atoms with Crippen molar-refractivity contribution in [2.24, 2.45) is 0 Å². The Bertz CT molecular complexity index is 1040. The summed E-state index contributed by atoms with van der Waals surface area (Å²) in [5.74, 6) is 1.94. The summed E-state index contributed by atoms with van der Waals surface area (Å²) in [6.07, 6.45) is 0. The molecule has 1 N–H and O–H groups in total. The van der Waals surface area contributed by atoms with Crippen molar-refractivity contribution in [2.75, 3.05) is 13.7 Å². The van der Waals surface area contributed by atoms with E-state index in [1.54, 1.807) is 25.3 Å². The first kappa shape index (κ1) is 23.4. The maximum Gasteiger partial charge on any atom is 0.269 e. The normalized spacial score (nSPS) is 10.6. The number of nitro benzene ring substituents is 1. The summed E-state index contributed by atoms with van der Waals surface area (Å²) in [6.45, 7) is 3.87. The number of rotatable bonds is 11. The molecule has 32 heavy (non-hydrogen) atoms. The highest BCUT2D eigenvalue weighted by Gasteiger charge is 2.12. The van der Waals surface area contributed by atoms with E-state index in [1.807, 2.05) is 37.3 Å². The number of halogens is 1. The van der Waals surface area contributed by atoms with Crippen molar-refractivity contribution in [2.45, 2.75) is 26.6 Å². The van der Waals surface area contributed by atoms with Crippen molar-refractivity contribution in [3.8, 4) is 17.2 Å². The Hall–Kier alpha value is -3.29. The van der Waals surface area contributed by atoms with Crippen LogP contribution in [0.3, 0.4) is 0 Å². The van der Waals surface area contributed by atoms with Gasteiger partial charge in [0.1, 0.15) is 12.4 Å². The first-order valence-corrected chi connectivity index (χ1v) is 10.5. The standard InChI is InChI=1S/C24H25ClN2O5/c1-3-31-23-12-19(15-26-14-17-6-10-21(30-2)11-7-17)22(25)13-24(23)32-16-18-4-8-20(9-5-18)27(28)29/h4-13,26H,3,14-16H2,1-2H3. The van der Waals surface area contributed by atoms with E-state index < -0.39 is 4.92 Å². The Morgan fingerprint density at radius 1 is 0.938 bits per heavy atom. The van der Waals surface area contributed by atoms with E-state index in [9.17, 15) is 10.1 Å². The van der Waals surface area contributed by atoms with Crippen LogP contribution < -0.4 is 19.5 Å². The van der Waals surface area contributed by atoms with Crippen LogP contribution in [0.5, 0.6) is 17.2 Å². The Morgan fingerprint density at radius 2 is 1.59 bits per heavy atom. The molecule has 0 atom stereocenters. The number of nitro groups is 1. The van der Waals surface area contributed by atoms with Crippen LogP contribution in [0.25, 0.3) is 0 Å². The van der Waals surface area contributed by atoms with E-state index in [0.717, 1.165) is 22.4 Å². The molecule has 0 aliphatic rings. The second-order valence-corrected chi connectivity index (χ2v) is 7.39. The highest BCUT2D eigenvalue weighted by molar-refractivity contribution is 6.31. The van der Waals surface area contributed by atoms with Gasteiger partial charge in [0.2, 0.25) is 0 Å². The van der Waals surface area contributed by atoms with Crippen molar-refractivity contribution in [3.63, 3.8) is 0 Å². The van der Waals surface area contributed by atoms with Gasteiger partial charge in [0.15, 0.2) is 11.5 Å². The second kappa shape index (κ2) is 11.4. The van der Waals surface area contributed by atoms with Gasteiger partial charge in [-0.05, 0) is 53.9 Å². The summed E-state index contributed by atoms with van der Waals surface area (Å²) in [6, 6.07) is 17.7. The van der Waals surface area contributed by atoms with Crippen LogP contribution in [0.1, 0.15) is 23.6 Å². The van der Waals surface area contributed by atoms with Crippen molar-refractivity contribution in [1.82, 2.24) is 5.32 Å². The van der Waals surface area contributed by atoms with Crippen LogP contribution in [-0.2, 0) is 19.7 Å². The number of hydrogen-bond donors (Lipinski definition) is 1. The van der Waals surface area contributed by atoms with Crippen molar-refractivity contribution < 1.29 is 19.1 Å². The molecular formula is C24H25ClN2O5. The number of hydrogen-bond acceptors (Lipinski definition) is 6. The smallest absolute Gasteiger partial charge is 0.269 e. The van der Waals surface area contributed by atoms with Gasteiger partial charge in [-0.25, -0.2) is 0 Å². The van der Waals surface area contributed by atoms with Gasteiger partial charge in [-0.1, -0.05) is 23.7 Å². The lowest BCUT2D eigenvalue weighted by molar-refractivity contribution is -0.384. The summed E-state index contributed by atoms with van der Waals surface area (Å²) >= 11 is 6.49. The minimum absolute atomic E-state index is 0.0401. The molecule has 0 fully saturated rings. The minimum atomic E-state index is -0.432. The maximum atomic E-state index is 10.8. The van der Waals surface area contributed by atoms with Crippen LogP contribution in [0.4, 0.5) is 5.69 Å². The van der Waals surface area contributed by atoms with Crippen molar-refractivity contribution in [3.05, 3.63) is 92.5 Å². The molecule has 7 nitrogen and oxygen atoms in total. The van der Waals surface area contributed by atoms with Crippen LogP contribution >= 0.6 is 11.6 Å². The third-order valence-corrected chi connectivity index (χ3v) is 5.11. The average molecular weight is 457 g/mol. The Kier molecular flexibility index (Phi) is 8.30. The number of nitrogens with one attached hydrogen (secondary N) is 1. The quantitative estimate of drug-likeness (QED) is 0.302. The number of nitrogens with zero attached hydrogens (tertiary/aromatic N) is 1. The minimum Gasteiger partial charge on any atom is -0.497 e. The highest BCUT2D eigenvalue weighted by atomic mass is 35.5. The number of non-ortho nitro benzene ring substituents is 1. The monoisotopic (exact) mass is 456 g/mol. The van der Waals surface area contributed by atoms with Gasteiger partial charge in [0.05, 0.1) is 18.6 Å². The molecule has 0 aromatic heterocycles. The number of benzene rings is 3. The van der Waals surface area contributed by atoms with Gasteiger partial charge in [-0.15, -0.1) is 0 Å². The summed E-state index contributed by atoms with van der Waals surface area (Å²) < 4.78 is 16.8. The Morgan fingerprint density at radius 3 is 2.22 bits per heavy atom. The summed E-state index contributed by atoms with van der Waals surface area (Å²) in [5, 5.41) is 14.7. The van der Waals surface area contributed by atoms with Crippen LogP contribution in [0.15, 0.2) is 60.7 Å². The lowest BCUT2D eigenvalue weighted by Crippen LogP contribution is -2.13. The molecule has 0 saturated heterocycles. The predicted octanol–water partition coefficient (Wildman–Crippen LogP) is 5.52. The van der Waals surface area contributed by atoms with E-state index >= 15 is 0 Å². The molecule has 0 aliphatic heterocycles. The molecule has 3 aromatic carbocycles. The zero-order chi connectivity index (χ0) is 22.9. The molecule has 0 radical (unpaired) electrons. The first-order valence-electron chi connectivity index (χ1n) is 10.1. The number of methoxy groups -OCH3 is 1. The third-order valence-electron chi connectivity index (χ3n) is 4.76. The molecule has 0 amide bonds. The molecule has 0 heterocycles. The fourth-order valence-corrected chi connectivity index (χ4v) is 3.27. The van der Waals surface area contributed by atoms with Crippen LogP contribution in [0, 0.1) is 10.1 Å².